The first-order valence-electron chi connectivity index (χ1n) is 6.35. The molecule has 0 unspecified atom stereocenters. The smallest absolute Gasteiger partial charge is 0.261 e. The molecule has 0 radical (unpaired) electrons. The molecular weight excluding hydrogens is 228 g/mol. The number of carbonyl (C=O) groups is 2. The molecule has 0 fully saturated rings. The van der Waals surface area contributed by atoms with Crippen molar-refractivity contribution in [1.82, 2.24) is 4.90 Å². The van der Waals surface area contributed by atoms with Gasteiger partial charge in [-0.15, -0.1) is 0 Å². The SMILES string of the molecule is CCCCCNc1ccc2c(c1)C(=O)N(C)C2=O. The van der Waals surface area contributed by atoms with Gasteiger partial charge in [-0.3, -0.25) is 14.5 Å². The molecule has 0 aliphatic carbocycles. The zero-order valence-electron chi connectivity index (χ0n) is 10.8. The van der Waals surface area contributed by atoms with E-state index >= 15 is 0 Å². The van der Waals surface area contributed by atoms with Gasteiger partial charge in [0.1, 0.15) is 0 Å². The molecular formula is C14H18N2O2. The molecule has 0 saturated heterocycles. The highest BCUT2D eigenvalue weighted by molar-refractivity contribution is 6.21. The molecule has 0 atom stereocenters. The van der Waals surface area contributed by atoms with E-state index in [0.717, 1.165) is 23.6 Å². The summed E-state index contributed by atoms with van der Waals surface area (Å²) in [4.78, 5) is 24.7. The van der Waals surface area contributed by atoms with Gasteiger partial charge >= 0.3 is 0 Å². The molecule has 4 nitrogen and oxygen atoms in total. The maximum Gasteiger partial charge on any atom is 0.261 e. The maximum atomic E-state index is 11.8. The molecule has 0 spiro atoms. The number of rotatable bonds is 5. The summed E-state index contributed by atoms with van der Waals surface area (Å²) in [5.74, 6) is -0.431. The van der Waals surface area contributed by atoms with Crippen molar-refractivity contribution in [2.24, 2.45) is 0 Å². The van der Waals surface area contributed by atoms with Crippen LogP contribution in [0, 0.1) is 0 Å². The van der Waals surface area contributed by atoms with E-state index in [2.05, 4.69) is 12.2 Å². The second-order valence-electron chi connectivity index (χ2n) is 4.56. The molecule has 1 heterocycles. The first-order valence-corrected chi connectivity index (χ1v) is 6.35. The van der Waals surface area contributed by atoms with Gasteiger partial charge in [0.15, 0.2) is 0 Å². The number of amides is 2. The van der Waals surface area contributed by atoms with Crippen molar-refractivity contribution in [2.75, 3.05) is 18.9 Å². The number of anilines is 1. The van der Waals surface area contributed by atoms with E-state index in [0.29, 0.717) is 11.1 Å². The quantitative estimate of drug-likeness (QED) is 0.641. The van der Waals surface area contributed by atoms with Crippen molar-refractivity contribution in [3.8, 4) is 0 Å². The highest BCUT2D eigenvalue weighted by Gasteiger charge is 2.32. The highest BCUT2D eigenvalue weighted by atomic mass is 16.2. The second kappa shape index (κ2) is 5.21. The van der Waals surface area contributed by atoms with Crippen molar-refractivity contribution < 1.29 is 9.59 Å². The molecule has 1 aliphatic heterocycles. The molecule has 0 aromatic heterocycles. The van der Waals surface area contributed by atoms with Crippen LogP contribution in [0.1, 0.15) is 46.9 Å². The average molecular weight is 246 g/mol. The Kier molecular flexibility index (Phi) is 3.65. The number of fused-ring (bicyclic) bond motifs is 1. The third kappa shape index (κ3) is 2.23. The number of carbonyl (C=O) groups excluding carboxylic acids is 2. The van der Waals surface area contributed by atoms with Crippen LogP contribution in [0.2, 0.25) is 0 Å². The Balaban J connectivity index is 2.09. The Morgan fingerprint density at radius 1 is 1.11 bits per heavy atom. The zero-order chi connectivity index (χ0) is 13.1. The van der Waals surface area contributed by atoms with Gasteiger partial charge < -0.3 is 5.32 Å². The van der Waals surface area contributed by atoms with Crippen molar-refractivity contribution in [2.45, 2.75) is 26.2 Å². The van der Waals surface area contributed by atoms with Crippen molar-refractivity contribution in [3.63, 3.8) is 0 Å². The summed E-state index contributed by atoms with van der Waals surface area (Å²) in [6.45, 7) is 3.06. The van der Waals surface area contributed by atoms with Gasteiger partial charge in [0, 0.05) is 19.3 Å². The van der Waals surface area contributed by atoms with Crippen LogP contribution in [0.5, 0.6) is 0 Å². The fourth-order valence-electron chi connectivity index (χ4n) is 2.08. The topological polar surface area (TPSA) is 49.4 Å². The summed E-state index contributed by atoms with van der Waals surface area (Å²) >= 11 is 0. The maximum absolute atomic E-state index is 11.8. The zero-order valence-corrected chi connectivity index (χ0v) is 10.8. The Morgan fingerprint density at radius 2 is 1.83 bits per heavy atom. The van der Waals surface area contributed by atoms with E-state index in [-0.39, 0.29) is 11.8 Å². The van der Waals surface area contributed by atoms with Gasteiger partial charge in [-0.25, -0.2) is 0 Å². The third-order valence-electron chi connectivity index (χ3n) is 3.20. The molecule has 1 aromatic rings. The molecule has 96 valence electrons. The van der Waals surface area contributed by atoms with Gasteiger partial charge in [0.2, 0.25) is 0 Å². The number of imide groups is 1. The van der Waals surface area contributed by atoms with E-state index in [1.165, 1.54) is 19.9 Å². The Morgan fingerprint density at radius 3 is 2.56 bits per heavy atom. The highest BCUT2D eigenvalue weighted by Crippen LogP contribution is 2.24. The van der Waals surface area contributed by atoms with Crippen LogP contribution < -0.4 is 5.32 Å². The standard InChI is InChI=1S/C14H18N2O2/c1-3-4-5-8-15-10-6-7-11-12(9-10)14(18)16(2)13(11)17/h6-7,9,15H,3-5,8H2,1-2H3. The molecule has 0 bridgehead atoms. The first kappa shape index (κ1) is 12.6. The van der Waals surface area contributed by atoms with Gasteiger partial charge in [-0.1, -0.05) is 19.8 Å². The lowest BCUT2D eigenvalue weighted by Gasteiger charge is -2.06. The number of nitrogens with one attached hydrogen (secondary N) is 1. The van der Waals surface area contributed by atoms with Crippen molar-refractivity contribution in [3.05, 3.63) is 29.3 Å². The van der Waals surface area contributed by atoms with Gasteiger partial charge in [-0.2, -0.15) is 0 Å². The van der Waals surface area contributed by atoms with E-state index in [9.17, 15) is 9.59 Å². The summed E-state index contributed by atoms with van der Waals surface area (Å²) < 4.78 is 0. The Bertz CT molecular complexity index is 483. The summed E-state index contributed by atoms with van der Waals surface area (Å²) in [6.07, 6.45) is 3.49. The monoisotopic (exact) mass is 246 g/mol. The fourth-order valence-corrected chi connectivity index (χ4v) is 2.08. The number of hydrogen-bond donors (Lipinski definition) is 1. The average Bonchev–Trinajstić information content (AvgIpc) is 2.60. The van der Waals surface area contributed by atoms with Gasteiger partial charge in [0.25, 0.3) is 11.8 Å². The van der Waals surface area contributed by atoms with Crippen molar-refractivity contribution >= 4 is 17.5 Å². The largest absolute Gasteiger partial charge is 0.385 e. The first-order chi connectivity index (χ1) is 8.65. The lowest BCUT2D eigenvalue weighted by atomic mass is 10.1. The summed E-state index contributed by atoms with van der Waals surface area (Å²) in [5, 5.41) is 3.28. The van der Waals surface area contributed by atoms with Crippen molar-refractivity contribution in [1.29, 1.82) is 0 Å². The normalized spacial score (nSPS) is 14.0. The molecule has 0 saturated carbocycles. The van der Waals surface area contributed by atoms with Crippen LogP contribution in [-0.2, 0) is 0 Å². The molecule has 2 rings (SSSR count). The molecule has 18 heavy (non-hydrogen) atoms. The minimum Gasteiger partial charge on any atom is -0.385 e. The van der Waals surface area contributed by atoms with E-state index in [1.807, 2.05) is 6.07 Å². The molecule has 1 N–H and O–H groups in total. The Hall–Kier alpha value is -1.84. The van der Waals surface area contributed by atoms with Crippen LogP contribution in [0.3, 0.4) is 0 Å². The predicted octanol–water partition coefficient (Wildman–Crippen LogP) is 2.51. The number of unbranched alkanes of at least 4 members (excludes halogenated alkanes) is 2. The molecule has 2 amide bonds. The van der Waals surface area contributed by atoms with Crippen LogP contribution in [-0.4, -0.2) is 30.3 Å². The Labute approximate surface area is 107 Å². The van der Waals surface area contributed by atoms with E-state index < -0.39 is 0 Å². The number of nitrogens with zero attached hydrogens (tertiary/aromatic N) is 1. The fraction of sp³-hybridized carbons (Fsp3) is 0.429. The minimum atomic E-state index is -0.216. The molecule has 1 aliphatic rings. The lowest BCUT2D eigenvalue weighted by Crippen LogP contribution is -2.24. The molecule has 1 aromatic carbocycles. The summed E-state index contributed by atoms with van der Waals surface area (Å²) in [6, 6.07) is 5.35. The summed E-state index contributed by atoms with van der Waals surface area (Å²) in [7, 11) is 1.51. The third-order valence-corrected chi connectivity index (χ3v) is 3.20. The number of hydrogen-bond acceptors (Lipinski definition) is 3. The van der Waals surface area contributed by atoms with Crippen LogP contribution >= 0.6 is 0 Å². The van der Waals surface area contributed by atoms with E-state index in [1.54, 1.807) is 12.1 Å². The molecule has 4 heteroatoms. The van der Waals surface area contributed by atoms with Crippen LogP contribution in [0.4, 0.5) is 5.69 Å². The minimum absolute atomic E-state index is 0.215. The predicted molar refractivity (Wildman–Crippen MR) is 70.9 cm³/mol. The summed E-state index contributed by atoms with van der Waals surface area (Å²) in [5.41, 5.74) is 1.91. The second-order valence-corrected chi connectivity index (χ2v) is 4.56. The van der Waals surface area contributed by atoms with Crippen LogP contribution in [0.25, 0.3) is 0 Å². The van der Waals surface area contributed by atoms with Gasteiger partial charge in [-0.05, 0) is 24.6 Å². The van der Waals surface area contributed by atoms with E-state index in [4.69, 9.17) is 0 Å². The van der Waals surface area contributed by atoms with Crippen LogP contribution in [0.15, 0.2) is 18.2 Å². The van der Waals surface area contributed by atoms with Gasteiger partial charge in [0.05, 0.1) is 11.1 Å². The number of benzene rings is 1. The lowest BCUT2D eigenvalue weighted by molar-refractivity contribution is 0.0693.